The molecule has 2 aromatic carbocycles. The van der Waals surface area contributed by atoms with Crippen LogP contribution < -0.4 is 0 Å². The van der Waals surface area contributed by atoms with Gasteiger partial charge >= 0.3 is 0 Å². The van der Waals surface area contributed by atoms with Crippen LogP contribution in [0.5, 0.6) is 0 Å². The van der Waals surface area contributed by atoms with Crippen LogP contribution in [0.15, 0.2) is 59.1 Å². The number of hydrogen-bond acceptors (Lipinski definition) is 4. The predicted molar refractivity (Wildman–Crippen MR) is 144 cm³/mol. The molecule has 0 aliphatic heterocycles. The Balaban J connectivity index is 1.35. The Morgan fingerprint density at radius 3 is 2.50 bits per heavy atom. The number of likely N-dealkylation sites (N-methyl/N-ethyl adjacent to an activating group) is 1. The van der Waals surface area contributed by atoms with E-state index in [-0.39, 0.29) is 5.92 Å². The van der Waals surface area contributed by atoms with Crippen molar-refractivity contribution >= 4 is 23.2 Å². The fourth-order valence-corrected chi connectivity index (χ4v) is 5.42. The average molecular weight is 533 g/mol. The molecule has 1 unspecified atom stereocenters. The molecule has 0 bridgehead atoms. The summed E-state index contributed by atoms with van der Waals surface area (Å²) in [7, 11) is 4.30. The number of oxazole rings is 1. The molecule has 1 heterocycles. The Labute approximate surface area is 224 Å². The lowest BCUT2D eigenvalue weighted by Gasteiger charge is -2.36. The van der Waals surface area contributed by atoms with E-state index in [1.807, 2.05) is 48.5 Å². The van der Waals surface area contributed by atoms with Gasteiger partial charge in [0.1, 0.15) is 13.1 Å². The van der Waals surface area contributed by atoms with Crippen molar-refractivity contribution in [3.8, 4) is 0 Å². The highest BCUT2D eigenvalue weighted by Crippen LogP contribution is 2.43. The van der Waals surface area contributed by atoms with Crippen molar-refractivity contribution in [2.75, 3.05) is 33.9 Å². The lowest BCUT2D eigenvalue weighted by molar-refractivity contribution is -0.904. The lowest BCUT2D eigenvalue weighted by atomic mass is 9.73. The summed E-state index contributed by atoms with van der Waals surface area (Å²) in [5, 5.41) is 13.2. The molecule has 36 heavy (non-hydrogen) atoms. The first-order chi connectivity index (χ1) is 17.3. The molecule has 1 fully saturated rings. The van der Waals surface area contributed by atoms with Gasteiger partial charge in [-0.05, 0) is 42.5 Å². The van der Waals surface area contributed by atoms with E-state index < -0.39 is 5.60 Å². The van der Waals surface area contributed by atoms with E-state index in [9.17, 15) is 5.11 Å². The number of aromatic nitrogens is 1. The number of benzene rings is 2. The summed E-state index contributed by atoms with van der Waals surface area (Å²) < 4.78 is 12.8. The van der Waals surface area contributed by atoms with Gasteiger partial charge in [0, 0.05) is 5.92 Å². The van der Waals surface area contributed by atoms with Crippen molar-refractivity contribution < 1.29 is 18.7 Å². The van der Waals surface area contributed by atoms with Crippen LogP contribution in [0.3, 0.4) is 0 Å². The van der Waals surface area contributed by atoms with E-state index in [1.54, 1.807) is 6.20 Å². The van der Waals surface area contributed by atoms with Crippen LogP contribution in [0.1, 0.15) is 54.9 Å². The zero-order chi connectivity index (χ0) is 25.6. The summed E-state index contributed by atoms with van der Waals surface area (Å²) >= 11 is 12.1. The van der Waals surface area contributed by atoms with Gasteiger partial charge in [0.25, 0.3) is 0 Å². The van der Waals surface area contributed by atoms with Gasteiger partial charge in [-0.3, -0.25) is 0 Å². The zero-order valence-electron chi connectivity index (χ0n) is 21.3. The van der Waals surface area contributed by atoms with Crippen molar-refractivity contribution in [3.63, 3.8) is 0 Å². The van der Waals surface area contributed by atoms with Crippen LogP contribution in [0, 0.1) is 5.92 Å². The Kier molecular flexibility index (Phi) is 9.13. The highest BCUT2D eigenvalue weighted by atomic mass is 35.5. The molecule has 194 valence electrons. The largest absolute Gasteiger partial charge is 0.436 e. The van der Waals surface area contributed by atoms with Crippen LogP contribution in [0.2, 0.25) is 10.0 Å². The summed E-state index contributed by atoms with van der Waals surface area (Å²) in [6.07, 6.45) is 7.99. The molecule has 0 spiro atoms. The molecule has 0 saturated heterocycles. The van der Waals surface area contributed by atoms with Crippen LogP contribution >= 0.6 is 23.2 Å². The molecule has 1 saturated carbocycles. The lowest BCUT2D eigenvalue weighted by Crippen LogP contribution is -2.41. The summed E-state index contributed by atoms with van der Waals surface area (Å²) in [4.78, 5) is 4.60. The molecule has 7 heteroatoms. The Morgan fingerprint density at radius 1 is 1.03 bits per heavy atom. The molecule has 5 nitrogen and oxygen atoms in total. The molecule has 1 atom stereocenters. The monoisotopic (exact) mass is 531 g/mol. The first kappa shape index (κ1) is 27.2. The van der Waals surface area contributed by atoms with Gasteiger partial charge in [0.15, 0.2) is 11.4 Å². The first-order valence-electron chi connectivity index (χ1n) is 12.8. The van der Waals surface area contributed by atoms with Crippen molar-refractivity contribution in [2.24, 2.45) is 5.92 Å². The molecular formula is C29H37Cl2N2O3+. The summed E-state index contributed by atoms with van der Waals surface area (Å²) in [5.74, 6) is 1.29. The molecule has 1 aliphatic rings. The molecule has 1 aromatic heterocycles. The minimum atomic E-state index is -1.20. The normalized spacial score (nSPS) is 16.7. The quantitative estimate of drug-likeness (QED) is 0.222. The number of hydrogen-bond donors (Lipinski definition) is 1. The number of nitrogens with zero attached hydrogens (tertiary/aromatic N) is 2. The van der Waals surface area contributed by atoms with Gasteiger partial charge < -0.3 is 18.7 Å². The van der Waals surface area contributed by atoms with E-state index in [0.29, 0.717) is 40.2 Å². The van der Waals surface area contributed by atoms with Crippen molar-refractivity contribution in [1.82, 2.24) is 4.98 Å². The van der Waals surface area contributed by atoms with E-state index in [1.165, 1.54) is 6.42 Å². The van der Waals surface area contributed by atoms with E-state index >= 15 is 0 Å². The average Bonchev–Trinajstić information content (AvgIpc) is 3.34. The molecule has 1 N–H and O–H groups in total. The second-order valence-electron chi connectivity index (χ2n) is 10.5. The van der Waals surface area contributed by atoms with E-state index in [4.69, 9.17) is 32.4 Å². The maximum absolute atomic E-state index is 12.0. The number of rotatable bonds is 11. The smallest absolute Gasteiger partial charge is 0.231 e. The predicted octanol–water partition coefficient (Wildman–Crippen LogP) is 6.63. The fraction of sp³-hybridized carbons (Fsp3) is 0.483. The third-order valence-corrected chi connectivity index (χ3v) is 7.97. The highest BCUT2D eigenvalue weighted by molar-refractivity contribution is 6.42. The second-order valence-corrected chi connectivity index (χ2v) is 11.3. The summed E-state index contributed by atoms with van der Waals surface area (Å²) in [6, 6.07) is 15.5. The molecule has 0 amide bonds. The third-order valence-electron chi connectivity index (χ3n) is 7.23. The Morgan fingerprint density at radius 2 is 1.78 bits per heavy atom. The standard InChI is InChI=1S/C29H37Cl2N2O3/c1-33(2,16-18-35-17-15-22-13-14-26(30)27(31)19-22)21-25-20-32-28(36-25)29(34,23-9-5-3-6-10-23)24-11-7-4-8-12-24/h3,5-6,9-10,13-14,19-20,24,34H,4,7-8,11-12,15-18,21H2,1-2H3/q+1. The molecule has 0 radical (unpaired) electrons. The van der Waals surface area contributed by atoms with Crippen LogP contribution in [0.4, 0.5) is 0 Å². The molecule has 4 rings (SSSR count). The fourth-order valence-electron chi connectivity index (χ4n) is 5.10. The zero-order valence-corrected chi connectivity index (χ0v) is 22.8. The Hall–Kier alpha value is -1.89. The second kappa shape index (κ2) is 12.1. The number of quaternary nitrogens is 1. The minimum absolute atomic E-state index is 0.103. The third kappa shape index (κ3) is 6.70. The number of aliphatic hydroxyl groups is 1. The maximum Gasteiger partial charge on any atom is 0.231 e. The van der Waals surface area contributed by atoms with Crippen molar-refractivity contribution in [1.29, 1.82) is 0 Å². The Bertz CT molecular complexity index is 1110. The number of halogens is 2. The van der Waals surface area contributed by atoms with Gasteiger partial charge in [-0.2, -0.15) is 0 Å². The van der Waals surface area contributed by atoms with Gasteiger partial charge in [-0.1, -0.05) is 78.9 Å². The van der Waals surface area contributed by atoms with Crippen LogP contribution in [-0.4, -0.2) is 48.4 Å². The first-order valence-corrected chi connectivity index (χ1v) is 13.6. The van der Waals surface area contributed by atoms with Gasteiger partial charge in [0.2, 0.25) is 5.89 Å². The van der Waals surface area contributed by atoms with Crippen LogP contribution in [-0.2, 0) is 23.3 Å². The van der Waals surface area contributed by atoms with Crippen molar-refractivity contribution in [3.05, 3.63) is 87.6 Å². The van der Waals surface area contributed by atoms with Gasteiger partial charge in [-0.15, -0.1) is 0 Å². The number of ether oxygens (including phenoxy) is 1. The van der Waals surface area contributed by atoms with Gasteiger partial charge in [-0.25, -0.2) is 4.98 Å². The van der Waals surface area contributed by atoms with Crippen molar-refractivity contribution in [2.45, 2.75) is 50.7 Å². The molecule has 1 aliphatic carbocycles. The maximum atomic E-state index is 12.0. The van der Waals surface area contributed by atoms with Crippen LogP contribution in [0.25, 0.3) is 0 Å². The highest BCUT2D eigenvalue weighted by Gasteiger charge is 2.44. The minimum Gasteiger partial charge on any atom is -0.436 e. The van der Waals surface area contributed by atoms with E-state index in [0.717, 1.165) is 55.5 Å². The SMILES string of the molecule is C[N+](C)(CCOCCc1ccc(Cl)c(Cl)c1)Cc1cnc(C(O)(c2ccccc2)C2CCCCC2)o1. The molecular weight excluding hydrogens is 495 g/mol. The summed E-state index contributed by atoms with van der Waals surface area (Å²) in [5.41, 5.74) is 0.760. The summed E-state index contributed by atoms with van der Waals surface area (Å²) in [6.45, 7) is 2.74. The van der Waals surface area contributed by atoms with E-state index in [2.05, 4.69) is 19.1 Å². The molecule has 3 aromatic rings. The topological polar surface area (TPSA) is 55.5 Å². The van der Waals surface area contributed by atoms with Gasteiger partial charge in [0.05, 0.1) is 43.6 Å².